The number of alkyl halides is 3. The van der Waals surface area contributed by atoms with Crippen molar-refractivity contribution in [3.63, 3.8) is 0 Å². The molecule has 1 aliphatic carbocycles. The quantitative estimate of drug-likeness (QED) is 0.854. The molecule has 4 nitrogen and oxygen atoms in total. The molecule has 1 aromatic heterocycles. The Morgan fingerprint density at radius 1 is 1.39 bits per heavy atom. The standard InChI is InChI=1S/C15H13F3N2O2S/c1-8-11(20-13(21)22)23-12(19-8)14(5-6-14)9-3-2-4-10(7-9)15(16,17)18/h2-4,7,20H,5-6H2,1H3,(H,21,22). The second-order valence-electron chi connectivity index (χ2n) is 5.52. The zero-order valence-corrected chi connectivity index (χ0v) is 12.9. The van der Waals surface area contributed by atoms with Gasteiger partial charge in [-0.1, -0.05) is 29.5 Å². The summed E-state index contributed by atoms with van der Waals surface area (Å²) in [5.41, 5.74) is -0.109. The van der Waals surface area contributed by atoms with Gasteiger partial charge in [-0.3, -0.25) is 5.32 Å². The van der Waals surface area contributed by atoms with Crippen LogP contribution in [0.5, 0.6) is 0 Å². The van der Waals surface area contributed by atoms with Crippen LogP contribution in [-0.4, -0.2) is 16.2 Å². The molecule has 8 heteroatoms. The second-order valence-corrected chi connectivity index (χ2v) is 6.52. The minimum atomic E-state index is -4.39. The number of aryl methyl sites for hydroxylation is 1. The first-order chi connectivity index (χ1) is 10.7. The number of carboxylic acid groups (broad SMARTS) is 1. The second kappa shape index (κ2) is 5.23. The first kappa shape index (κ1) is 15.8. The topological polar surface area (TPSA) is 62.2 Å². The molecule has 0 bridgehead atoms. The van der Waals surface area contributed by atoms with Gasteiger partial charge in [0, 0.05) is 5.41 Å². The van der Waals surface area contributed by atoms with Gasteiger partial charge >= 0.3 is 12.3 Å². The van der Waals surface area contributed by atoms with Gasteiger partial charge in [-0.2, -0.15) is 13.2 Å². The minimum Gasteiger partial charge on any atom is -0.465 e. The van der Waals surface area contributed by atoms with Crippen LogP contribution >= 0.6 is 11.3 Å². The number of rotatable bonds is 3. The molecule has 2 N–H and O–H groups in total. The van der Waals surface area contributed by atoms with E-state index in [1.54, 1.807) is 13.0 Å². The summed E-state index contributed by atoms with van der Waals surface area (Å²) >= 11 is 1.18. The summed E-state index contributed by atoms with van der Waals surface area (Å²) in [6.45, 7) is 1.67. The highest BCUT2D eigenvalue weighted by molar-refractivity contribution is 7.16. The Bertz CT molecular complexity index is 766. The molecule has 0 radical (unpaired) electrons. The van der Waals surface area contributed by atoms with E-state index in [-0.39, 0.29) is 0 Å². The summed E-state index contributed by atoms with van der Waals surface area (Å²) in [5, 5.41) is 12.1. The third-order valence-electron chi connectivity index (χ3n) is 3.92. The van der Waals surface area contributed by atoms with Gasteiger partial charge in [0.1, 0.15) is 10.0 Å². The number of carbonyl (C=O) groups is 1. The van der Waals surface area contributed by atoms with Crippen LogP contribution in [0.15, 0.2) is 24.3 Å². The third kappa shape index (κ3) is 2.90. The molecule has 1 aromatic carbocycles. The van der Waals surface area contributed by atoms with Crippen molar-refractivity contribution in [1.82, 2.24) is 4.98 Å². The molecule has 0 unspecified atom stereocenters. The highest BCUT2D eigenvalue weighted by atomic mass is 32.1. The predicted molar refractivity (Wildman–Crippen MR) is 80.0 cm³/mol. The van der Waals surface area contributed by atoms with Gasteiger partial charge in [0.15, 0.2) is 0 Å². The number of thiazole rings is 1. The van der Waals surface area contributed by atoms with Crippen molar-refractivity contribution in [1.29, 1.82) is 0 Å². The summed E-state index contributed by atoms with van der Waals surface area (Å²) in [7, 11) is 0. The molecule has 0 spiro atoms. The van der Waals surface area contributed by atoms with E-state index in [2.05, 4.69) is 10.3 Å². The zero-order chi connectivity index (χ0) is 16.8. The number of anilines is 1. The predicted octanol–water partition coefficient (Wildman–Crippen LogP) is 4.64. The molecule has 0 atom stereocenters. The van der Waals surface area contributed by atoms with E-state index in [4.69, 9.17) is 5.11 Å². The van der Waals surface area contributed by atoms with E-state index in [0.717, 1.165) is 12.1 Å². The van der Waals surface area contributed by atoms with E-state index in [9.17, 15) is 18.0 Å². The van der Waals surface area contributed by atoms with E-state index in [0.29, 0.717) is 34.1 Å². The first-order valence-corrected chi connectivity index (χ1v) is 7.70. The van der Waals surface area contributed by atoms with Gasteiger partial charge < -0.3 is 5.11 Å². The Balaban J connectivity index is 1.99. The first-order valence-electron chi connectivity index (χ1n) is 6.88. The number of aromatic nitrogens is 1. The Labute approximate surface area is 134 Å². The Morgan fingerprint density at radius 3 is 2.65 bits per heavy atom. The number of benzene rings is 1. The van der Waals surface area contributed by atoms with Crippen LogP contribution in [0.25, 0.3) is 0 Å². The fourth-order valence-corrected chi connectivity index (χ4v) is 3.78. The normalized spacial score (nSPS) is 16.2. The molecule has 1 heterocycles. The van der Waals surface area contributed by atoms with Gasteiger partial charge in [-0.05, 0) is 31.4 Å². The van der Waals surface area contributed by atoms with E-state index >= 15 is 0 Å². The smallest absolute Gasteiger partial charge is 0.416 e. The van der Waals surface area contributed by atoms with Crippen LogP contribution in [0.1, 0.15) is 34.7 Å². The van der Waals surface area contributed by atoms with Crippen LogP contribution in [0.4, 0.5) is 23.0 Å². The van der Waals surface area contributed by atoms with Gasteiger partial charge in [0.05, 0.1) is 11.3 Å². The Hall–Kier alpha value is -2.09. The summed E-state index contributed by atoms with van der Waals surface area (Å²) in [4.78, 5) is 15.1. The molecule has 1 amide bonds. The van der Waals surface area contributed by atoms with Crippen molar-refractivity contribution in [2.75, 3.05) is 5.32 Å². The van der Waals surface area contributed by atoms with Crippen LogP contribution in [0, 0.1) is 6.92 Å². The molecule has 1 saturated carbocycles. The van der Waals surface area contributed by atoms with Crippen molar-refractivity contribution >= 4 is 22.4 Å². The van der Waals surface area contributed by atoms with E-state index in [1.165, 1.54) is 17.4 Å². The summed E-state index contributed by atoms with van der Waals surface area (Å²) in [5.74, 6) is 0. The minimum absolute atomic E-state index is 0.408. The lowest BCUT2D eigenvalue weighted by Crippen LogP contribution is -2.11. The molecular weight excluding hydrogens is 329 g/mol. The van der Waals surface area contributed by atoms with Crippen LogP contribution in [0.3, 0.4) is 0 Å². The van der Waals surface area contributed by atoms with Crippen LogP contribution in [-0.2, 0) is 11.6 Å². The third-order valence-corrected chi connectivity index (χ3v) is 5.20. The highest BCUT2D eigenvalue weighted by Crippen LogP contribution is 2.55. The van der Waals surface area contributed by atoms with E-state index in [1.807, 2.05) is 0 Å². The molecule has 0 saturated heterocycles. The SMILES string of the molecule is Cc1nc(C2(c3cccc(C(F)(F)F)c3)CC2)sc1NC(=O)O. The number of hydrogen-bond donors (Lipinski definition) is 2. The van der Waals surface area contributed by atoms with E-state index < -0.39 is 23.2 Å². The summed E-state index contributed by atoms with van der Waals surface area (Å²) < 4.78 is 38.7. The zero-order valence-electron chi connectivity index (χ0n) is 12.1. The largest absolute Gasteiger partial charge is 0.465 e. The number of hydrogen-bond acceptors (Lipinski definition) is 3. The van der Waals surface area contributed by atoms with Crippen LogP contribution < -0.4 is 5.32 Å². The molecular formula is C15H13F3N2O2S. The highest BCUT2D eigenvalue weighted by Gasteiger charge is 2.49. The Morgan fingerprint density at radius 2 is 2.09 bits per heavy atom. The number of nitrogens with zero attached hydrogens (tertiary/aromatic N) is 1. The molecule has 1 aliphatic rings. The van der Waals surface area contributed by atoms with Crippen molar-refractivity contribution < 1.29 is 23.1 Å². The summed E-state index contributed by atoms with van der Waals surface area (Å²) in [6.07, 6.45) is -4.17. The molecule has 3 rings (SSSR count). The maximum absolute atomic E-state index is 12.9. The fraction of sp³-hybridized carbons (Fsp3) is 0.333. The molecule has 23 heavy (non-hydrogen) atoms. The van der Waals surface area contributed by atoms with Crippen molar-refractivity contribution in [3.05, 3.63) is 46.1 Å². The fourth-order valence-electron chi connectivity index (χ4n) is 2.56. The lowest BCUT2D eigenvalue weighted by atomic mass is 9.95. The molecule has 0 aliphatic heterocycles. The lowest BCUT2D eigenvalue weighted by Gasteiger charge is -2.15. The lowest BCUT2D eigenvalue weighted by molar-refractivity contribution is -0.137. The molecule has 1 fully saturated rings. The molecule has 122 valence electrons. The number of halogens is 3. The van der Waals surface area contributed by atoms with Crippen molar-refractivity contribution in [2.45, 2.75) is 31.4 Å². The molecule has 2 aromatic rings. The van der Waals surface area contributed by atoms with Gasteiger partial charge in [-0.15, -0.1) is 0 Å². The van der Waals surface area contributed by atoms with Gasteiger partial charge in [-0.25, -0.2) is 9.78 Å². The summed E-state index contributed by atoms with van der Waals surface area (Å²) in [6, 6.07) is 5.27. The Kier molecular flexibility index (Phi) is 3.59. The van der Waals surface area contributed by atoms with Gasteiger partial charge in [0.2, 0.25) is 0 Å². The number of amides is 1. The van der Waals surface area contributed by atoms with Crippen molar-refractivity contribution in [3.8, 4) is 0 Å². The maximum atomic E-state index is 12.9. The van der Waals surface area contributed by atoms with Crippen molar-refractivity contribution in [2.24, 2.45) is 0 Å². The average molecular weight is 342 g/mol. The maximum Gasteiger partial charge on any atom is 0.416 e. The van der Waals surface area contributed by atoms with Gasteiger partial charge in [0.25, 0.3) is 0 Å². The average Bonchev–Trinajstić information content (AvgIpc) is 3.19. The van der Waals surface area contributed by atoms with Crippen LogP contribution in [0.2, 0.25) is 0 Å². The number of nitrogens with one attached hydrogen (secondary N) is 1. The monoisotopic (exact) mass is 342 g/mol.